The molecule has 0 spiro atoms. The van der Waals surface area contributed by atoms with Gasteiger partial charge in [-0.2, -0.15) is 0 Å². The molecule has 1 unspecified atom stereocenters. The molecule has 0 aliphatic heterocycles. The van der Waals surface area contributed by atoms with Crippen LogP contribution in [0.3, 0.4) is 0 Å². The van der Waals surface area contributed by atoms with Gasteiger partial charge in [0.15, 0.2) is 0 Å². The number of rotatable bonds is 5. The van der Waals surface area contributed by atoms with Gasteiger partial charge in [0.1, 0.15) is 0 Å². The van der Waals surface area contributed by atoms with Crippen LogP contribution in [0, 0.1) is 12.3 Å². The fourth-order valence-corrected chi connectivity index (χ4v) is 3.54. The van der Waals surface area contributed by atoms with Crippen LogP contribution in [0.25, 0.3) is 10.9 Å². The zero-order valence-electron chi connectivity index (χ0n) is 11.2. The van der Waals surface area contributed by atoms with Crippen LogP contribution >= 0.6 is 0 Å². The Balaban J connectivity index is 2.45. The summed E-state index contributed by atoms with van der Waals surface area (Å²) in [5.41, 5.74) is 0.653. The summed E-state index contributed by atoms with van der Waals surface area (Å²) < 4.78 is 27.6. The van der Waals surface area contributed by atoms with E-state index in [1.54, 1.807) is 36.5 Å². The van der Waals surface area contributed by atoms with Gasteiger partial charge in [0, 0.05) is 24.0 Å². The lowest BCUT2D eigenvalue weighted by Gasteiger charge is -2.15. The Kier molecular flexibility index (Phi) is 4.38. The van der Waals surface area contributed by atoms with E-state index in [9.17, 15) is 8.42 Å². The minimum absolute atomic E-state index is 0.235. The third kappa shape index (κ3) is 2.98. The van der Waals surface area contributed by atoms with Gasteiger partial charge in [0.05, 0.1) is 10.4 Å². The minimum atomic E-state index is -3.61. The summed E-state index contributed by atoms with van der Waals surface area (Å²) >= 11 is 0. The van der Waals surface area contributed by atoms with Crippen molar-refractivity contribution < 1.29 is 8.42 Å². The largest absolute Gasteiger partial charge is 0.256 e. The smallest absolute Gasteiger partial charge is 0.241 e. The predicted octanol–water partition coefficient (Wildman–Crippen LogP) is 2.32. The molecular weight excluding hydrogens is 272 g/mol. The van der Waals surface area contributed by atoms with E-state index in [0.29, 0.717) is 23.7 Å². The maximum Gasteiger partial charge on any atom is 0.241 e. The van der Waals surface area contributed by atoms with Crippen LogP contribution in [0.15, 0.2) is 41.4 Å². The third-order valence-corrected chi connectivity index (χ3v) is 4.65. The number of nitrogens with zero attached hydrogens (tertiary/aromatic N) is 1. The molecule has 0 amide bonds. The Morgan fingerprint density at radius 2 is 2.15 bits per heavy atom. The average molecular weight is 288 g/mol. The molecule has 1 N–H and O–H groups in total. The monoisotopic (exact) mass is 288 g/mol. The first-order chi connectivity index (χ1) is 9.58. The topological polar surface area (TPSA) is 59.1 Å². The second-order valence-corrected chi connectivity index (χ2v) is 6.14. The van der Waals surface area contributed by atoms with Gasteiger partial charge in [0.25, 0.3) is 0 Å². The number of sulfonamides is 1. The summed E-state index contributed by atoms with van der Waals surface area (Å²) in [6.07, 6.45) is 7.92. The molecule has 1 atom stereocenters. The van der Waals surface area contributed by atoms with Crippen molar-refractivity contribution in [3.8, 4) is 12.3 Å². The fraction of sp³-hybridized carbons (Fsp3) is 0.267. The second-order valence-electron chi connectivity index (χ2n) is 4.46. The highest BCUT2D eigenvalue weighted by Crippen LogP contribution is 2.21. The van der Waals surface area contributed by atoms with Crippen molar-refractivity contribution >= 4 is 20.9 Å². The van der Waals surface area contributed by atoms with Crippen molar-refractivity contribution in [2.45, 2.75) is 30.7 Å². The highest BCUT2D eigenvalue weighted by molar-refractivity contribution is 7.89. The normalized spacial score (nSPS) is 13.0. The highest BCUT2D eigenvalue weighted by Gasteiger charge is 2.20. The minimum Gasteiger partial charge on any atom is -0.256 e. The molecule has 1 aromatic heterocycles. The number of terminal acetylenes is 1. The molecule has 0 aliphatic rings. The SMILES string of the molecule is C#CCC(CC)NS(=O)(=O)c1cccc2ncccc12. The van der Waals surface area contributed by atoms with Crippen molar-refractivity contribution in [3.05, 3.63) is 36.5 Å². The number of benzene rings is 1. The van der Waals surface area contributed by atoms with Gasteiger partial charge in [-0.25, -0.2) is 13.1 Å². The standard InChI is InChI=1S/C15H16N2O2S/c1-3-7-12(4-2)17-20(18,19)15-10-5-9-14-13(15)8-6-11-16-14/h1,5-6,8-12,17H,4,7H2,2H3. The van der Waals surface area contributed by atoms with Crippen molar-refractivity contribution in [1.82, 2.24) is 9.71 Å². The van der Waals surface area contributed by atoms with E-state index in [2.05, 4.69) is 15.6 Å². The lowest BCUT2D eigenvalue weighted by atomic mass is 10.2. The second kappa shape index (κ2) is 6.04. The molecule has 2 rings (SSSR count). The molecular formula is C15H16N2O2S. The van der Waals surface area contributed by atoms with E-state index in [1.807, 2.05) is 6.92 Å². The Labute approximate surface area is 119 Å². The quantitative estimate of drug-likeness (QED) is 0.859. The lowest BCUT2D eigenvalue weighted by molar-refractivity contribution is 0.545. The third-order valence-electron chi connectivity index (χ3n) is 3.07. The molecule has 1 aromatic carbocycles. The van der Waals surface area contributed by atoms with Gasteiger partial charge < -0.3 is 0 Å². The van der Waals surface area contributed by atoms with Gasteiger partial charge >= 0.3 is 0 Å². The zero-order chi connectivity index (χ0) is 14.6. The Hall–Kier alpha value is -1.90. The first kappa shape index (κ1) is 14.5. The molecule has 104 valence electrons. The maximum atomic E-state index is 12.5. The Morgan fingerprint density at radius 1 is 1.35 bits per heavy atom. The lowest BCUT2D eigenvalue weighted by Crippen LogP contribution is -2.34. The van der Waals surface area contributed by atoms with Gasteiger partial charge in [0.2, 0.25) is 10.0 Å². The fourth-order valence-electron chi connectivity index (χ4n) is 2.00. The molecule has 5 heteroatoms. The molecule has 0 fully saturated rings. The number of hydrogen-bond donors (Lipinski definition) is 1. The highest BCUT2D eigenvalue weighted by atomic mass is 32.2. The van der Waals surface area contributed by atoms with Gasteiger partial charge in [-0.3, -0.25) is 4.98 Å². The number of aromatic nitrogens is 1. The van der Waals surface area contributed by atoms with Crippen LogP contribution in [0.5, 0.6) is 0 Å². The maximum absolute atomic E-state index is 12.5. The summed E-state index contributed by atoms with van der Waals surface area (Å²) in [6.45, 7) is 1.90. The van der Waals surface area contributed by atoms with Gasteiger partial charge in [-0.1, -0.05) is 13.0 Å². The van der Waals surface area contributed by atoms with E-state index in [-0.39, 0.29) is 10.9 Å². The van der Waals surface area contributed by atoms with Crippen LogP contribution in [-0.2, 0) is 10.0 Å². The van der Waals surface area contributed by atoms with Crippen molar-refractivity contribution in [2.24, 2.45) is 0 Å². The molecule has 0 saturated heterocycles. The summed E-state index contributed by atoms with van der Waals surface area (Å²) in [7, 11) is -3.61. The number of fused-ring (bicyclic) bond motifs is 1. The predicted molar refractivity (Wildman–Crippen MR) is 79.6 cm³/mol. The van der Waals surface area contributed by atoms with Crippen LogP contribution < -0.4 is 4.72 Å². The zero-order valence-corrected chi connectivity index (χ0v) is 12.0. The van der Waals surface area contributed by atoms with E-state index < -0.39 is 10.0 Å². The first-order valence-corrected chi connectivity index (χ1v) is 7.86. The van der Waals surface area contributed by atoms with Crippen molar-refractivity contribution in [3.63, 3.8) is 0 Å². The van der Waals surface area contributed by atoms with E-state index in [0.717, 1.165) is 0 Å². The van der Waals surface area contributed by atoms with Crippen molar-refractivity contribution in [1.29, 1.82) is 0 Å². The number of hydrogen-bond acceptors (Lipinski definition) is 3. The molecule has 1 heterocycles. The Bertz CT molecular complexity index is 743. The average Bonchev–Trinajstić information content (AvgIpc) is 2.46. The molecule has 0 saturated carbocycles. The summed E-state index contributed by atoms with van der Waals surface area (Å²) in [4.78, 5) is 4.40. The van der Waals surface area contributed by atoms with Crippen LogP contribution in [-0.4, -0.2) is 19.4 Å². The van der Waals surface area contributed by atoms with Crippen LogP contribution in [0.1, 0.15) is 19.8 Å². The first-order valence-electron chi connectivity index (χ1n) is 6.38. The van der Waals surface area contributed by atoms with Crippen molar-refractivity contribution in [2.75, 3.05) is 0 Å². The van der Waals surface area contributed by atoms with Crippen LogP contribution in [0.2, 0.25) is 0 Å². The molecule has 4 nitrogen and oxygen atoms in total. The number of nitrogens with one attached hydrogen (secondary N) is 1. The summed E-state index contributed by atoms with van der Waals surface area (Å²) in [5.74, 6) is 2.49. The van der Waals surface area contributed by atoms with E-state index >= 15 is 0 Å². The molecule has 0 radical (unpaired) electrons. The van der Waals surface area contributed by atoms with Gasteiger partial charge in [-0.15, -0.1) is 12.3 Å². The van der Waals surface area contributed by atoms with Gasteiger partial charge in [-0.05, 0) is 30.7 Å². The Morgan fingerprint density at radius 3 is 2.85 bits per heavy atom. The van der Waals surface area contributed by atoms with E-state index in [1.165, 1.54) is 0 Å². The molecule has 2 aromatic rings. The molecule has 0 bridgehead atoms. The molecule has 20 heavy (non-hydrogen) atoms. The summed E-state index contributed by atoms with van der Waals surface area (Å²) in [6, 6.07) is 8.27. The van der Waals surface area contributed by atoms with E-state index in [4.69, 9.17) is 6.42 Å². The molecule has 0 aliphatic carbocycles. The van der Waals surface area contributed by atoms with Crippen LogP contribution in [0.4, 0.5) is 0 Å². The summed E-state index contributed by atoms with van der Waals surface area (Å²) in [5, 5.41) is 0.609. The number of pyridine rings is 1.